The highest BCUT2D eigenvalue weighted by Crippen LogP contribution is 2.26. The summed E-state index contributed by atoms with van der Waals surface area (Å²) in [5.41, 5.74) is 3.41. The van der Waals surface area contributed by atoms with Crippen LogP contribution in [0, 0.1) is 5.92 Å². The minimum atomic E-state index is -3.54. The second kappa shape index (κ2) is 9.67. The Labute approximate surface area is 214 Å². The number of fused-ring (bicyclic) bond motifs is 2. The molecule has 0 saturated carbocycles. The van der Waals surface area contributed by atoms with E-state index in [9.17, 15) is 18.0 Å². The largest absolute Gasteiger partial charge is 0.379 e. The second-order valence-electron chi connectivity index (χ2n) is 9.77. The molecule has 5 heterocycles. The number of morpholine rings is 1. The number of carbonyl (C=O) groups excluding carboxylic acids is 1. The summed E-state index contributed by atoms with van der Waals surface area (Å²) in [5, 5.41) is 3.15. The number of amides is 1. The summed E-state index contributed by atoms with van der Waals surface area (Å²) in [6, 6.07) is 11.6. The van der Waals surface area contributed by atoms with E-state index in [0.29, 0.717) is 76.4 Å². The van der Waals surface area contributed by atoms with Gasteiger partial charge in [0.15, 0.2) is 5.65 Å². The standard InChI is InChI=1S/C25H30N6O5S/c32-24(19-6-10-29(11-7-19)37(34,35)30-12-14-36-15-13-30)28-9-8-21-20(17-28)25(33)31-23(26-21)16-22(27-31)18-4-2-1-3-5-18/h1-5,16,19,27H,6-15,17H2. The van der Waals surface area contributed by atoms with Crippen molar-refractivity contribution in [2.45, 2.75) is 25.8 Å². The molecule has 11 nitrogen and oxygen atoms in total. The lowest BCUT2D eigenvalue weighted by molar-refractivity contribution is -0.137. The zero-order chi connectivity index (χ0) is 25.6. The third-order valence-electron chi connectivity index (χ3n) is 7.58. The van der Waals surface area contributed by atoms with Gasteiger partial charge in [-0.1, -0.05) is 30.3 Å². The lowest BCUT2D eigenvalue weighted by Crippen LogP contribution is -2.52. The Kier molecular flexibility index (Phi) is 6.35. The average molecular weight is 527 g/mol. The number of rotatable bonds is 4. The lowest BCUT2D eigenvalue weighted by Gasteiger charge is -2.37. The molecule has 0 spiro atoms. The van der Waals surface area contributed by atoms with Crippen LogP contribution in [0.15, 0.2) is 41.2 Å². The predicted octanol–water partition coefficient (Wildman–Crippen LogP) is 0.863. The van der Waals surface area contributed by atoms with E-state index < -0.39 is 10.2 Å². The number of nitrogens with zero attached hydrogens (tertiary/aromatic N) is 5. The van der Waals surface area contributed by atoms with Crippen molar-refractivity contribution in [2.24, 2.45) is 5.92 Å². The number of H-pyrrole nitrogens is 1. The van der Waals surface area contributed by atoms with Crippen LogP contribution in [0.4, 0.5) is 0 Å². The first-order chi connectivity index (χ1) is 17.9. The Hall–Kier alpha value is -3.06. The highest BCUT2D eigenvalue weighted by molar-refractivity contribution is 7.86. The summed E-state index contributed by atoms with van der Waals surface area (Å²) in [6.07, 6.45) is 1.46. The summed E-state index contributed by atoms with van der Waals surface area (Å²) in [5.74, 6) is -0.276. The topological polar surface area (TPSA) is 120 Å². The number of benzene rings is 1. The molecule has 3 aliphatic rings. The number of aromatic nitrogens is 3. The van der Waals surface area contributed by atoms with Crippen LogP contribution in [0.3, 0.4) is 0 Å². The Balaban J connectivity index is 1.15. The van der Waals surface area contributed by atoms with Crippen molar-refractivity contribution in [2.75, 3.05) is 45.9 Å². The molecule has 0 atom stereocenters. The fourth-order valence-corrected chi connectivity index (χ4v) is 7.08. The monoisotopic (exact) mass is 526 g/mol. The Morgan fingerprint density at radius 3 is 2.43 bits per heavy atom. The zero-order valence-corrected chi connectivity index (χ0v) is 21.3. The minimum Gasteiger partial charge on any atom is -0.379 e. The van der Waals surface area contributed by atoms with Crippen molar-refractivity contribution in [1.29, 1.82) is 0 Å². The van der Waals surface area contributed by atoms with E-state index in [4.69, 9.17) is 9.72 Å². The molecular formula is C25H30N6O5S. The maximum Gasteiger partial charge on any atom is 0.282 e. The van der Waals surface area contributed by atoms with Crippen LogP contribution in [-0.2, 0) is 32.7 Å². The third-order valence-corrected chi connectivity index (χ3v) is 9.62. The van der Waals surface area contributed by atoms with Crippen LogP contribution in [-0.4, -0.2) is 88.4 Å². The molecule has 3 aromatic rings. The number of hydrogen-bond acceptors (Lipinski definition) is 6. The summed E-state index contributed by atoms with van der Waals surface area (Å²) in [7, 11) is -3.54. The van der Waals surface area contributed by atoms with Crippen LogP contribution in [0.2, 0.25) is 0 Å². The van der Waals surface area contributed by atoms with Gasteiger partial charge in [0.2, 0.25) is 5.91 Å². The number of ether oxygens (including phenoxy) is 1. The van der Waals surface area contributed by atoms with Gasteiger partial charge in [-0.25, -0.2) is 9.50 Å². The maximum absolute atomic E-state index is 13.4. The van der Waals surface area contributed by atoms with Gasteiger partial charge in [-0.2, -0.15) is 17.0 Å². The van der Waals surface area contributed by atoms with E-state index in [0.717, 1.165) is 17.0 Å². The molecule has 0 radical (unpaired) electrons. The molecular weight excluding hydrogens is 496 g/mol. The molecule has 1 aromatic carbocycles. The van der Waals surface area contributed by atoms with Gasteiger partial charge in [0.25, 0.3) is 15.8 Å². The molecule has 2 aromatic heterocycles. The molecule has 3 aliphatic heterocycles. The smallest absolute Gasteiger partial charge is 0.282 e. The van der Waals surface area contributed by atoms with Gasteiger partial charge in [-0.3, -0.25) is 14.7 Å². The number of piperidine rings is 1. The van der Waals surface area contributed by atoms with Crippen LogP contribution < -0.4 is 5.56 Å². The molecule has 1 amide bonds. The van der Waals surface area contributed by atoms with Gasteiger partial charge in [-0.05, 0) is 18.4 Å². The van der Waals surface area contributed by atoms with Crippen molar-refractivity contribution >= 4 is 21.8 Å². The van der Waals surface area contributed by atoms with Gasteiger partial charge in [0.05, 0.1) is 36.7 Å². The van der Waals surface area contributed by atoms with Crippen molar-refractivity contribution in [3.05, 3.63) is 58.0 Å². The van der Waals surface area contributed by atoms with Gasteiger partial charge in [-0.15, -0.1) is 0 Å². The Morgan fingerprint density at radius 2 is 1.70 bits per heavy atom. The third kappa shape index (κ3) is 4.48. The van der Waals surface area contributed by atoms with Gasteiger partial charge < -0.3 is 9.64 Å². The highest BCUT2D eigenvalue weighted by atomic mass is 32.2. The van der Waals surface area contributed by atoms with Crippen molar-refractivity contribution in [3.63, 3.8) is 0 Å². The van der Waals surface area contributed by atoms with Crippen molar-refractivity contribution in [1.82, 2.24) is 28.1 Å². The number of nitrogens with one attached hydrogen (secondary N) is 1. The zero-order valence-electron chi connectivity index (χ0n) is 20.5. The lowest BCUT2D eigenvalue weighted by atomic mass is 9.95. The maximum atomic E-state index is 13.4. The van der Waals surface area contributed by atoms with Gasteiger partial charge >= 0.3 is 0 Å². The second-order valence-corrected chi connectivity index (χ2v) is 11.7. The van der Waals surface area contributed by atoms with E-state index in [1.165, 1.54) is 13.1 Å². The number of carbonyl (C=O) groups is 1. The molecule has 12 heteroatoms. The van der Waals surface area contributed by atoms with Gasteiger partial charge in [0.1, 0.15) is 0 Å². The molecule has 196 valence electrons. The highest BCUT2D eigenvalue weighted by Gasteiger charge is 2.37. The average Bonchev–Trinajstić information content (AvgIpc) is 3.38. The van der Waals surface area contributed by atoms with Crippen LogP contribution in [0.5, 0.6) is 0 Å². The Bertz CT molecular complexity index is 1470. The van der Waals surface area contributed by atoms with Gasteiger partial charge in [0, 0.05) is 51.1 Å². The van der Waals surface area contributed by atoms with Crippen LogP contribution in [0.25, 0.3) is 16.9 Å². The quantitative estimate of drug-likeness (QED) is 0.539. The molecule has 2 fully saturated rings. The van der Waals surface area contributed by atoms with E-state index in [2.05, 4.69) is 5.10 Å². The van der Waals surface area contributed by atoms with E-state index in [1.54, 1.807) is 4.90 Å². The van der Waals surface area contributed by atoms with E-state index in [1.807, 2.05) is 36.4 Å². The first kappa shape index (κ1) is 24.3. The minimum absolute atomic E-state index is 0.0185. The number of hydrogen-bond donors (Lipinski definition) is 1. The molecule has 0 bridgehead atoms. The molecule has 37 heavy (non-hydrogen) atoms. The first-order valence-electron chi connectivity index (χ1n) is 12.7. The SMILES string of the molecule is O=C(C1CCN(S(=O)(=O)N2CCOCC2)CC1)N1CCc2nc3cc(-c4ccccc4)[nH]n3c(=O)c2C1. The van der Waals surface area contributed by atoms with Crippen molar-refractivity contribution in [3.8, 4) is 11.3 Å². The van der Waals surface area contributed by atoms with Crippen LogP contribution >= 0.6 is 0 Å². The molecule has 2 saturated heterocycles. The summed E-state index contributed by atoms with van der Waals surface area (Å²) in [4.78, 5) is 33.2. The molecule has 0 unspecified atom stereocenters. The summed E-state index contributed by atoms with van der Waals surface area (Å²) < 4.78 is 35.6. The fourth-order valence-electron chi connectivity index (χ4n) is 5.47. The summed E-state index contributed by atoms with van der Waals surface area (Å²) >= 11 is 0. The molecule has 0 aliphatic carbocycles. The molecule has 1 N–H and O–H groups in total. The first-order valence-corrected chi connectivity index (χ1v) is 14.1. The normalized spacial score (nSPS) is 20.3. The molecule has 6 rings (SSSR count). The van der Waals surface area contributed by atoms with Crippen LogP contribution in [0.1, 0.15) is 24.1 Å². The Morgan fingerprint density at radius 1 is 1.00 bits per heavy atom. The summed E-state index contributed by atoms with van der Waals surface area (Å²) in [6.45, 7) is 2.87. The number of aromatic amines is 1. The van der Waals surface area contributed by atoms with Crippen molar-refractivity contribution < 1.29 is 17.9 Å². The fraction of sp³-hybridized carbons (Fsp3) is 0.480. The van der Waals surface area contributed by atoms with E-state index >= 15 is 0 Å². The van der Waals surface area contributed by atoms with E-state index in [-0.39, 0.29) is 23.9 Å². The predicted molar refractivity (Wildman–Crippen MR) is 136 cm³/mol.